The van der Waals surface area contributed by atoms with Crippen LogP contribution in [0.2, 0.25) is 0 Å². The van der Waals surface area contributed by atoms with E-state index in [4.69, 9.17) is 14.9 Å². The zero-order valence-corrected chi connectivity index (χ0v) is 13.4. The molecule has 7 nitrogen and oxygen atoms in total. The van der Waals surface area contributed by atoms with Gasteiger partial charge in [0.25, 0.3) is 0 Å². The maximum atomic E-state index is 10.1. The normalized spacial score (nSPS) is 13.0. The fraction of sp³-hybridized carbons (Fsp3) is 0.235. The van der Waals surface area contributed by atoms with E-state index >= 15 is 0 Å². The highest BCUT2D eigenvalue weighted by Crippen LogP contribution is 2.34. The molecule has 126 valence electrons. The molecule has 0 amide bonds. The smallest absolute Gasteiger partial charge is 0.174 e. The fourth-order valence-electron chi connectivity index (χ4n) is 1.81. The summed E-state index contributed by atoms with van der Waals surface area (Å²) in [4.78, 5) is 3.98. The molecule has 7 heteroatoms. The number of hydrogen-bond donors (Lipinski definition) is 3. The van der Waals surface area contributed by atoms with Crippen LogP contribution in [0.3, 0.4) is 0 Å². The zero-order chi connectivity index (χ0) is 17.5. The van der Waals surface area contributed by atoms with Crippen molar-refractivity contribution in [2.75, 3.05) is 7.11 Å². The number of methoxy groups -OCH3 is 1. The van der Waals surface area contributed by atoms with E-state index in [0.29, 0.717) is 16.9 Å². The average Bonchev–Trinajstić information content (AvgIpc) is 2.60. The molecule has 2 aromatic rings. The number of azo groups is 1. The van der Waals surface area contributed by atoms with Crippen molar-refractivity contribution in [1.82, 2.24) is 0 Å². The first-order valence-corrected chi connectivity index (χ1v) is 7.28. The van der Waals surface area contributed by atoms with Crippen molar-refractivity contribution in [3.05, 3.63) is 48.0 Å². The number of nitrogens with zero attached hydrogens (tertiary/aromatic N) is 3. The number of aromatic hydroxyl groups is 1. The summed E-state index contributed by atoms with van der Waals surface area (Å²) in [7, 11) is 1.42. The van der Waals surface area contributed by atoms with Gasteiger partial charge in [-0.15, -0.1) is 0 Å². The Balaban J connectivity index is 2.33. The van der Waals surface area contributed by atoms with E-state index in [1.165, 1.54) is 20.2 Å². The molecule has 0 aliphatic carbocycles. The van der Waals surface area contributed by atoms with Crippen LogP contribution in [0.5, 0.6) is 11.5 Å². The lowest BCUT2D eigenvalue weighted by Crippen LogP contribution is -2.19. The summed E-state index contributed by atoms with van der Waals surface area (Å²) in [5.74, 6) is 0.109. The first-order chi connectivity index (χ1) is 11.5. The van der Waals surface area contributed by atoms with Gasteiger partial charge in [0.15, 0.2) is 17.8 Å². The van der Waals surface area contributed by atoms with Crippen LogP contribution in [0.1, 0.15) is 12.5 Å². The molecule has 0 heterocycles. The van der Waals surface area contributed by atoms with Gasteiger partial charge >= 0.3 is 0 Å². The molecular weight excluding hydrogens is 310 g/mol. The predicted molar refractivity (Wildman–Crippen MR) is 90.6 cm³/mol. The fourth-order valence-corrected chi connectivity index (χ4v) is 1.81. The first kappa shape index (κ1) is 17.6. The predicted octanol–water partition coefficient (Wildman–Crippen LogP) is 2.93. The van der Waals surface area contributed by atoms with Gasteiger partial charge in [-0.05, 0) is 25.1 Å². The molecule has 1 atom stereocenters. The monoisotopic (exact) mass is 329 g/mol. The molecule has 0 spiro atoms. The highest BCUT2D eigenvalue weighted by Gasteiger charge is 2.11. The lowest BCUT2D eigenvalue weighted by Gasteiger charge is -2.09. The zero-order valence-electron chi connectivity index (χ0n) is 13.4. The van der Waals surface area contributed by atoms with Gasteiger partial charge in [0, 0.05) is 17.8 Å². The van der Waals surface area contributed by atoms with Gasteiger partial charge in [0.1, 0.15) is 0 Å². The summed E-state index contributed by atoms with van der Waals surface area (Å²) in [5.41, 5.74) is 1.49. The third-order valence-corrected chi connectivity index (χ3v) is 3.23. The summed E-state index contributed by atoms with van der Waals surface area (Å²) >= 11 is 0. The molecule has 0 bridgehead atoms. The highest BCUT2D eigenvalue weighted by atomic mass is 16.5. The summed E-state index contributed by atoms with van der Waals surface area (Å²) in [6.45, 7) is 1.54. The summed E-state index contributed by atoms with van der Waals surface area (Å²) in [6, 6.07) is 11.6. The molecule has 0 aliphatic rings. The van der Waals surface area contributed by atoms with Gasteiger partial charge in [-0.1, -0.05) is 18.2 Å². The maximum Gasteiger partial charge on any atom is 0.174 e. The minimum absolute atomic E-state index is 0.112. The Bertz CT molecular complexity index is 730. The minimum Gasteiger partial charge on any atom is -0.504 e. The highest BCUT2D eigenvalue weighted by molar-refractivity contribution is 5.86. The third-order valence-electron chi connectivity index (χ3n) is 3.23. The van der Waals surface area contributed by atoms with Crippen LogP contribution in [-0.4, -0.2) is 41.0 Å². The van der Waals surface area contributed by atoms with Crippen LogP contribution < -0.4 is 4.74 Å². The maximum absolute atomic E-state index is 10.1. The average molecular weight is 329 g/mol. The van der Waals surface area contributed by atoms with Gasteiger partial charge in [-0.3, -0.25) is 4.99 Å². The third kappa shape index (κ3) is 4.61. The number of aliphatic hydroxyl groups is 2. The Hall–Kier alpha value is -2.77. The molecule has 1 unspecified atom stereocenters. The van der Waals surface area contributed by atoms with E-state index < -0.39 is 12.3 Å². The number of phenols is 1. The Kier molecular flexibility index (Phi) is 6.00. The number of benzene rings is 2. The van der Waals surface area contributed by atoms with Crippen molar-refractivity contribution in [2.24, 2.45) is 15.2 Å². The molecule has 0 fully saturated rings. The van der Waals surface area contributed by atoms with Crippen molar-refractivity contribution < 1.29 is 20.1 Å². The molecule has 0 aliphatic heterocycles. The lowest BCUT2D eigenvalue weighted by molar-refractivity contribution is -0.0530. The van der Waals surface area contributed by atoms with Gasteiger partial charge in [-0.25, -0.2) is 0 Å². The number of ether oxygens (including phenoxy) is 1. The summed E-state index contributed by atoms with van der Waals surface area (Å²) in [5, 5.41) is 36.5. The lowest BCUT2D eigenvalue weighted by atomic mass is 10.1. The summed E-state index contributed by atoms with van der Waals surface area (Å²) in [6.07, 6.45) is -0.241. The van der Waals surface area contributed by atoms with Crippen molar-refractivity contribution in [2.45, 2.75) is 19.3 Å². The van der Waals surface area contributed by atoms with Gasteiger partial charge < -0.3 is 20.1 Å². The van der Waals surface area contributed by atoms with E-state index in [1.807, 2.05) is 30.3 Å². The van der Waals surface area contributed by atoms with E-state index in [0.717, 1.165) is 0 Å². The number of hydrogen-bond acceptors (Lipinski definition) is 7. The molecule has 24 heavy (non-hydrogen) atoms. The number of aliphatic hydroxyl groups excluding tert-OH is 1. The van der Waals surface area contributed by atoms with Crippen LogP contribution >= 0.6 is 0 Å². The Morgan fingerprint density at radius 1 is 1.04 bits per heavy atom. The molecule has 0 saturated carbocycles. The Morgan fingerprint density at radius 2 is 1.71 bits per heavy atom. The van der Waals surface area contributed by atoms with Gasteiger partial charge in [-0.2, -0.15) is 10.2 Å². The van der Waals surface area contributed by atoms with E-state index in [-0.39, 0.29) is 11.5 Å². The molecular formula is C17H19N3O4. The van der Waals surface area contributed by atoms with Crippen LogP contribution in [-0.2, 0) is 0 Å². The number of aliphatic imine (C=N–C) groups is 1. The molecule has 0 aromatic heterocycles. The van der Waals surface area contributed by atoms with Crippen LogP contribution in [0.4, 0.5) is 11.4 Å². The first-order valence-electron chi connectivity index (χ1n) is 7.28. The molecule has 2 aromatic carbocycles. The molecule has 3 N–H and O–H groups in total. The standard InChI is InChI=1S/C17H19N3O4/c1-11(17(22)23)18-10-12-8-14(9-15(24-2)16(12)21)20-19-13-6-4-3-5-7-13/h3-11,17,21-23H,1-2H3. The quantitative estimate of drug-likeness (QED) is 0.430. The van der Waals surface area contributed by atoms with Crippen molar-refractivity contribution in [3.63, 3.8) is 0 Å². The van der Waals surface area contributed by atoms with E-state index in [1.54, 1.807) is 12.1 Å². The van der Waals surface area contributed by atoms with E-state index in [9.17, 15) is 5.11 Å². The van der Waals surface area contributed by atoms with E-state index in [2.05, 4.69) is 15.2 Å². The minimum atomic E-state index is -1.58. The Labute approximate surface area is 139 Å². The topological polar surface area (TPSA) is 107 Å². The van der Waals surface area contributed by atoms with Crippen LogP contribution in [0.15, 0.2) is 57.7 Å². The second-order valence-electron chi connectivity index (χ2n) is 5.05. The second-order valence-corrected chi connectivity index (χ2v) is 5.05. The number of phenolic OH excluding ortho intramolecular Hbond substituents is 1. The van der Waals surface area contributed by atoms with Crippen molar-refractivity contribution >= 4 is 17.6 Å². The van der Waals surface area contributed by atoms with Gasteiger partial charge in [0.05, 0.1) is 24.5 Å². The molecule has 2 rings (SSSR count). The van der Waals surface area contributed by atoms with Crippen molar-refractivity contribution in [1.29, 1.82) is 0 Å². The Morgan fingerprint density at radius 3 is 2.33 bits per heavy atom. The SMILES string of the molecule is COc1cc(N=Nc2ccccc2)cc(C=NC(C)C(O)O)c1O. The van der Waals surface area contributed by atoms with Crippen LogP contribution in [0, 0.1) is 0 Å². The van der Waals surface area contributed by atoms with Crippen molar-refractivity contribution in [3.8, 4) is 11.5 Å². The summed E-state index contributed by atoms with van der Waals surface area (Å²) < 4.78 is 5.12. The largest absolute Gasteiger partial charge is 0.504 e. The molecule has 0 saturated heterocycles. The van der Waals surface area contributed by atoms with Gasteiger partial charge in [0.2, 0.25) is 0 Å². The second kappa shape index (κ2) is 8.19. The van der Waals surface area contributed by atoms with Crippen LogP contribution in [0.25, 0.3) is 0 Å². The molecule has 0 radical (unpaired) electrons. The number of rotatable bonds is 6.